The molecule has 25 heavy (non-hydrogen) atoms. The average Bonchev–Trinajstić information content (AvgIpc) is 2.61. The van der Waals surface area contributed by atoms with E-state index >= 15 is 0 Å². The molecule has 0 aliphatic rings. The maximum atomic E-state index is 12.1. The second-order valence-electron chi connectivity index (χ2n) is 5.49. The van der Waals surface area contributed by atoms with Crippen molar-refractivity contribution in [2.24, 2.45) is 0 Å². The first kappa shape index (κ1) is 19.6. The molecule has 2 aromatic rings. The van der Waals surface area contributed by atoms with Crippen LogP contribution in [0.1, 0.15) is 25.3 Å². The number of hydrogen-bond donors (Lipinski definition) is 2. The minimum atomic E-state index is -0.0373. The Morgan fingerprint density at radius 2 is 1.92 bits per heavy atom. The van der Waals surface area contributed by atoms with Crippen LogP contribution in [-0.4, -0.2) is 19.1 Å². The Bertz CT molecular complexity index is 708. The summed E-state index contributed by atoms with van der Waals surface area (Å²) < 4.78 is 5.59. The van der Waals surface area contributed by atoms with Gasteiger partial charge in [-0.3, -0.25) is 4.79 Å². The van der Waals surface area contributed by atoms with Gasteiger partial charge in [-0.1, -0.05) is 54.4 Å². The molecule has 134 valence electrons. The molecule has 0 atom stereocenters. The fourth-order valence-corrected chi connectivity index (χ4v) is 2.63. The smallest absolute Gasteiger partial charge is 0.224 e. The van der Waals surface area contributed by atoms with Crippen LogP contribution < -0.4 is 15.4 Å². The highest BCUT2D eigenvalue weighted by atomic mass is 35.5. The number of carbonyl (C=O) groups excluding carboxylic acids is 1. The number of hydrogen-bond acceptors (Lipinski definition) is 3. The molecule has 0 bridgehead atoms. The SMILES string of the molecule is CCNCc1ccccc1NC(=O)CCCOc1cccc(Cl)c1Cl. The van der Waals surface area contributed by atoms with Gasteiger partial charge in [0, 0.05) is 18.7 Å². The maximum Gasteiger partial charge on any atom is 0.224 e. The van der Waals surface area contributed by atoms with Gasteiger partial charge in [0.2, 0.25) is 5.91 Å². The molecule has 4 nitrogen and oxygen atoms in total. The van der Waals surface area contributed by atoms with Crippen LogP contribution in [0.4, 0.5) is 5.69 Å². The first-order chi connectivity index (χ1) is 12.1. The number of rotatable bonds is 9. The number of para-hydroxylation sites is 1. The van der Waals surface area contributed by atoms with E-state index in [9.17, 15) is 4.79 Å². The van der Waals surface area contributed by atoms with Crippen molar-refractivity contribution in [1.29, 1.82) is 0 Å². The summed E-state index contributed by atoms with van der Waals surface area (Å²) in [5, 5.41) is 7.07. The number of nitrogens with one attached hydrogen (secondary N) is 2. The summed E-state index contributed by atoms with van der Waals surface area (Å²) >= 11 is 12.0. The quantitative estimate of drug-likeness (QED) is 0.608. The van der Waals surface area contributed by atoms with E-state index in [-0.39, 0.29) is 5.91 Å². The third kappa shape index (κ3) is 6.24. The Hall–Kier alpha value is -1.75. The number of carbonyl (C=O) groups is 1. The molecule has 0 aliphatic carbocycles. The van der Waals surface area contributed by atoms with Crippen LogP contribution in [0.3, 0.4) is 0 Å². The highest BCUT2D eigenvalue weighted by Gasteiger charge is 2.08. The van der Waals surface area contributed by atoms with Crippen molar-refractivity contribution >= 4 is 34.8 Å². The van der Waals surface area contributed by atoms with Gasteiger partial charge in [-0.2, -0.15) is 0 Å². The Balaban J connectivity index is 1.78. The van der Waals surface area contributed by atoms with E-state index in [1.807, 2.05) is 31.2 Å². The van der Waals surface area contributed by atoms with E-state index in [0.717, 1.165) is 24.3 Å². The molecular formula is C19H22Cl2N2O2. The van der Waals surface area contributed by atoms with Gasteiger partial charge in [-0.15, -0.1) is 0 Å². The molecule has 0 heterocycles. The van der Waals surface area contributed by atoms with E-state index < -0.39 is 0 Å². The molecule has 0 saturated carbocycles. The monoisotopic (exact) mass is 380 g/mol. The van der Waals surface area contributed by atoms with Gasteiger partial charge in [0.1, 0.15) is 10.8 Å². The fourth-order valence-electron chi connectivity index (χ4n) is 2.28. The standard InChI is InChI=1S/C19H22Cl2N2O2/c1-2-22-13-14-7-3-4-9-16(14)23-18(24)11-6-12-25-17-10-5-8-15(20)19(17)21/h3-5,7-10,22H,2,6,11-13H2,1H3,(H,23,24). The highest BCUT2D eigenvalue weighted by molar-refractivity contribution is 6.42. The Labute approximate surface area is 158 Å². The van der Waals surface area contributed by atoms with Crippen molar-refractivity contribution in [3.63, 3.8) is 0 Å². The normalized spacial score (nSPS) is 10.5. The number of benzene rings is 2. The molecular weight excluding hydrogens is 359 g/mol. The lowest BCUT2D eigenvalue weighted by atomic mass is 10.1. The predicted molar refractivity (Wildman–Crippen MR) is 104 cm³/mol. The van der Waals surface area contributed by atoms with Gasteiger partial charge < -0.3 is 15.4 Å². The van der Waals surface area contributed by atoms with Gasteiger partial charge in [0.15, 0.2) is 0 Å². The first-order valence-corrected chi connectivity index (χ1v) is 9.02. The third-order valence-corrected chi connectivity index (χ3v) is 4.38. The summed E-state index contributed by atoms with van der Waals surface area (Å²) in [5.41, 5.74) is 1.91. The van der Waals surface area contributed by atoms with Gasteiger partial charge in [0.25, 0.3) is 0 Å². The van der Waals surface area contributed by atoms with E-state index in [1.54, 1.807) is 18.2 Å². The van der Waals surface area contributed by atoms with E-state index in [1.165, 1.54) is 0 Å². The Morgan fingerprint density at radius 1 is 1.12 bits per heavy atom. The number of amides is 1. The zero-order chi connectivity index (χ0) is 18.1. The molecule has 2 rings (SSSR count). The van der Waals surface area contributed by atoms with Gasteiger partial charge >= 0.3 is 0 Å². The Morgan fingerprint density at radius 3 is 2.72 bits per heavy atom. The predicted octanol–water partition coefficient (Wildman–Crippen LogP) is 4.90. The topological polar surface area (TPSA) is 50.4 Å². The first-order valence-electron chi connectivity index (χ1n) is 8.27. The van der Waals surface area contributed by atoms with Crippen molar-refractivity contribution in [2.45, 2.75) is 26.3 Å². The minimum absolute atomic E-state index is 0.0373. The molecule has 2 N–H and O–H groups in total. The van der Waals surface area contributed by atoms with E-state index in [2.05, 4.69) is 10.6 Å². The van der Waals surface area contributed by atoms with Crippen LogP contribution in [0.25, 0.3) is 0 Å². The Kier molecular flexibility index (Phi) is 8.06. The van der Waals surface area contributed by atoms with Crippen molar-refractivity contribution in [3.8, 4) is 5.75 Å². The molecule has 6 heteroatoms. The molecule has 0 fully saturated rings. The van der Waals surface area contributed by atoms with Crippen molar-refractivity contribution < 1.29 is 9.53 Å². The largest absolute Gasteiger partial charge is 0.492 e. The van der Waals surface area contributed by atoms with Gasteiger partial charge in [0.05, 0.1) is 11.6 Å². The summed E-state index contributed by atoms with van der Waals surface area (Å²) in [5.74, 6) is 0.496. The molecule has 2 aromatic carbocycles. The van der Waals surface area contributed by atoms with Crippen molar-refractivity contribution in [3.05, 3.63) is 58.1 Å². The zero-order valence-corrected chi connectivity index (χ0v) is 15.7. The maximum absolute atomic E-state index is 12.1. The lowest BCUT2D eigenvalue weighted by molar-refractivity contribution is -0.116. The summed E-state index contributed by atoms with van der Waals surface area (Å²) in [4.78, 5) is 12.1. The molecule has 0 saturated heterocycles. The van der Waals surface area contributed by atoms with Gasteiger partial charge in [-0.05, 0) is 36.7 Å². The van der Waals surface area contributed by atoms with E-state index in [0.29, 0.717) is 35.2 Å². The van der Waals surface area contributed by atoms with Crippen LogP contribution in [0.2, 0.25) is 10.0 Å². The van der Waals surface area contributed by atoms with Crippen LogP contribution in [0.5, 0.6) is 5.75 Å². The van der Waals surface area contributed by atoms with Crippen LogP contribution >= 0.6 is 23.2 Å². The second-order valence-corrected chi connectivity index (χ2v) is 6.27. The minimum Gasteiger partial charge on any atom is -0.492 e. The van der Waals surface area contributed by atoms with Crippen molar-refractivity contribution in [2.75, 3.05) is 18.5 Å². The summed E-state index contributed by atoms with van der Waals surface area (Å²) in [6.45, 7) is 4.05. The lowest BCUT2D eigenvalue weighted by Gasteiger charge is -2.12. The zero-order valence-electron chi connectivity index (χ0n) is 14.1. The molecule has 1 amide bonds. The number of ether oxygens (including phenoxy) is 1. The summed E-state index contributed by atoms with van der Waals surface area (Å²) in [7, 11) is 0. The third-order valence-electron chi connectivity index (χ3n) is 3.58. The van der Waals surface area contributed by atoms with Crippen molar-refractivity contribution in [1.82, 2.24) is 5.32 Å². The second kappa shape index (κ2) is 10.3. The molecule has 0 aromatic heterocycles. The highest BCUT2D eigenvalue weighted by Crippen LogP contribution is 2.31. The van der Waals surface area contributed by atoms with Crippen LogP contribution in [0.15, 0.2) is 42.5 Å². The fraction of sp³-hybridized carbons (Fsp3) is 0.316. The van der Waals surface area contributed by atoms with Crippen LogP contribution in [0, 0.1) is 0 Å². The lowest BCUT2D eigenvalue weighted by Crippen LogP contribution is -2.17. The molecule has 0 unspecified atom stereocenters. The summed E-state index contributed by atoms with van der Waals surface area (Å²) in [6, 6.07) is 13.0. The van der Waals surface area contributed by atoms with E-state index in [4.69, 9.17) is 27.9 Å². The number of halogens is 2. The van der Waals surface area contributed by atoms with Gasteiger partial charge in [-0.25, -0.2) is 0 Å². The summed E-state index contributed by atoms with van der Waals surface area (Å²) in [6.07, 6.45) is 0.956. The number of anilines is 1. The average molecular weight is 381 g/mol. The molecule has 0 spiro atoms. The molecule has 0 radical (unpaired) electrons. The van der Waals surface area contributed by atoms with Crippen LogP contribution in [-0.2, 0) is 11.3 Å². The molecule has 0 aliphatic heterocycles.